The molecule has 1 saturated heterocycles. The highest BCUT2D eigenvalue weighted by molar-refractivity contribution is 7.10. The molecule has 0 radical (unpaired) electrons. The summed E-state index contributed by atoms with van der Waals surface area (Å²) < 4.78 is 40.9. The van der Waals surface area contributed by atoms with Crippen LogP contribution in [-0.4, -0.2) is 47.7 Å². The van der Waals surface area contributed by atoms with Crippen LogP contribution in [0.1, 0.15) is 20.8 Å². The van der Waals surface area contributed by atoms with Crippen molar-refractivity contribution < 1.29 is 22.7 Å². The van der Waals surface area contributed by atoms with Gasteiger partial charge in [-0.15, -0.1) is 36.9 Å². The molecule has 0 saturated carbocycles. The number of nitrogens with zero attached hydrogens (tertiary/aromatic N) is 2. The number of likely N-dealkylation sites (tertiary alicyclic amines) is 1. The van der Waals surface area contributed by atoms with Crippen molar-refractivity contribution in [2.75, 3.05) is 19.6 Å². The third-order valence-corrected chi connectivity index (χ3v) is 5.84. The van der Waals surface area contributed by atoms with E-state index in [2.05, 4.69) is 21.1 Å². The number of ether oxygens (including phenoxy) is 1. The molecule has 2 aliphatic heterocycles. The van der Waals surface area contributed by atoms with E-state index >= 15 is 0 Å². The molecule has 2 aliphatic rings. The highest BCUT2D eigenvalue weighted by Gasteiger charge is 2.37. The SMILES string of the molecule is Cl.O=C(c1cccc(OC(F)(F)F)c1)N1CC(N2CCc3sccc3C2)C1. The third-order valence-electron chi connectivity index (χ3n) is 4.82. The summed E-state index contributed by atoms with van der Waals surface area (Å²) in [5.41, 5.74) is 1.58. The maximum atomic E-state index is 12.5. The largest absolute Gasteiger partial charge is 0.573 e. The second-order valence-corrected chi connectivity index (χ2v) is 7.53. The van der Waals surface area contributed by atoms with Crippen LogP contribution in [0.5, 0.6) is 5.75 Å². The number of carbonyl (C=O) groups excluding carboxylic acids is 1. The lowest BCUT2D eigenvalue weighted by Crippen LogP contribution is -2.61. The second kappa shape index (κ2) is 7.69. The Morgan fingerprint density at radius 2 is 2.00 bits per heavy atom. The van der Waals surface area contributed by atoms with Gasteiger partial charge >= 0.3 is 6.36 Å². The first-order valence-corrected chi connectivity index (χ1v) is 9.21. The molecule has 0 N–H and O–H groups in total. The van der Waals surface area contributed by atoms with Gasteiger partial charge in [-0.1, -0.05) is 6.07 Å². The minimum atomic E-state index is -4.77. The summed E-state index contributed by atoms with van der Waals surface area (Å²) in [4.78, 5) is 18.0. The number of thiophene rings is 1. The van der Waals surface area contributed by atoms with Crippen molar-refractivity contribution in [1.82, 2.24) is 9.80 Å². The monoisotopic (exact) mass is 418 g/mol. The first-order valence-electron chi connectivity index (χ1n) is 8.33. The van der Waals surface area contributed by atoms with Gasteiger partial charge in [0.25, 0.3) is 5.91 Å². The first kappa shape index (κ1) is 20.0. The normalized spacial score (nSPS) is 17.7. The molecule has 4 nitrogen and oxygen atoms in total. The lowest BCUT2D eigenvalue weighted by molar-refractivity contribution is -0.274. The molecule has 1 amide bonds. The first-order chi connectivity index (χ1) is 12.4. The summed E-state index contributed by atoms with van der Waals surface area (Å²) in [6, 6.07) is 7.70. The summed E-state index contributed by atoms with van der Waals surface area (Å²) in [5, 5.41) is 2.11. The van der Waals surface area contributed by atoms with E-state index in [4.69, 9.17) is 0 Å². The Kier molecular flexibility index (Phi) is 5.69. The van der Waals surface area contributed by atoms with Crippen LogP contribution < -0.4 is 4.74 Å². The van der Waals surface area contributed by atoms with Crippen LogP contribution in [0.3, 0.4) is 0 Å². The third kappa shape index (κ3) is 4.39. The zero-order valence-electron chi connectivity index (χ0n) is 14.2. The number of benzene rings is 1. The van der Waals surface area contributed by atoms with Crippen molar-refractivity contribution in [3.05, 3.63) is 51.7 Å². The van der Waals surface area contributed by atoms with Crippen molar-refractivity contribution in [2.45, 2.75) is 25.4 Å². The molecule has 1 aromatic heterocycles. The fraction of sp³-hybridized carbons (Fsp3) is 0.389. The average molecular weight is 419 g/mol. The predicted molar refractivity (Wildman–Crippen MR) is 98.5 cm³/mol. The van der Waals surface area contributed by atoms with Gasteiger partial charge in [-0.2, -0.15) is 0 Å². The van der Waals surface area contributed by atoms with E-state index in [1.807, 2.05) is 0 Å². The van der Waals surface area contributed by atoms with E-state index in [9.17, 15) is 18.0 Å². The molecule has 1 fully saturated rings. The van der Waals surface area contributed by atoms with Gasteiger partial charge < -0.3 is 9.64 Å². The molecule has 3 heterocycles. The quantitative estimate of drug-likeness (QED) is 0.756. The molecule has 2 aromatic rings. The molecule has 0 aliphatic carbocycles. The highest BCUT2D eigenvalue weighted by atomic mass is 35.5. The Labute approximate surface area is 164 Å². The average Bonchev–Trinajstić information content (AvgIpc) is 2.99. The zero-order valence-corrected chi connectivity index (χ0v) is 15.9. The maximum Gasteiger partial charge on any atom is 0.573 e. The van der Waals surface area contributed by atoms with Gasteiger partial charge in [-0.05, 0) is 41.6 Å². The maximum absolute atomic E-state index is 12.5. The van der Waals surface area contributed by atoms with Gasteiger partial charge in [0.2, 0.25) is 0 Å². The Morgan fingerprint density at radius 3 is 2.74 bits per heavy atom. The molecule has 146 valence electrons. The van der Waals surface area contributed by atoms with Crippen molar-refractivity contribution in [1.29, 1.82) is 0 Å². The number of carbonyl (C=O) groups is 1. The number of alkyl halides is 3. The predicted octanol–water partition coefficient (Wildman–Crippen LogP) is 3.95. The van der Waals surface area contributed by atoms with Gasteiger partial charge in [-0.3, -0.25) is 9.69 Å². The molecule has 4 rings (SSSR count). The Balaban J connectivity index is 0.00000210. The van der Waals surface area contributed by atoms with E-state index in [1.54, 1.807) is 16.2 Å². The number of amides is 1. The summed E-state index contributed by atoms with van der Waals surface area (Å²) in [7, 11) is 0. The van der Waals surface area contributed by atoms with Gasteiger partial charge in [0, 0.05) is 42.7 Å². The molecule has 0 unspecified atom stereocenters. The summed E-state index contributed by atoms with van der Waals surface area (Å²) >= 11 is 1.79. The van der Waals surface area contributed by atoms with E-state index in [0.717, 1.165) is 25.6 Å². The van der Waals surface area contributed by atoms with Crippen molar-refractivity contribution >= 4 is 29.7 Å². The van der Waals surface area contributed by atoms with Crippen LogP contribution in [0.4, 0.5) is 13.2 Å². The standard InChI is InChI=1S/C18H17F3N2O2S.ClH/c19-18(20,21)25-15-3-1-2-12(8-15)17(24)23-10-14(11-23)22-6-4-16-13(9-22)5-7-26-16;/h1-3,5,7-8,14H,4,6,9-11H2;1H. The topological polar surface area (TPSA) is 32.8 Å². The van der Waals surface area contributed by atoms with Crippen molar-refractivity contribution in [3.8, 4) is 5.75 Å². The molecular formula is C18H18ClF3N2O2S. The van der Waals surface area contributed by atoms with E-state index in [-0.39, 0.29) is 29.6 Å². The van der Waals surface area contributed by atoms with Crippen LogP contribution in [0.25, 0.3) is 0 Å². The smallest absolute Gasteiger partial charge is 0.406 e. The highest BCUT2D eigenvalue weighted by Crippen LogP contribution is 2.29. The Morgan fingerprint density at radius 1 is 1.22 bits per heavy atom. The number of fused-ring (bicyclic) bond motifs is 1. The number of halogens is 4. The van der Waals surface area contributed by atoms with Crippen LogP contribution in [0.2, 0.25) is 0 Å². The van der Waals surface area contributed by atoms with Crippen LogP contribution >= 0.6 is 23.7 Å². The van der Waals surface area contributed by atoms with E-state index < -0.39 is 6.36 Å². The van der Waals surface area contributed by atoms with Gasteiger partial charge in [0.1, 0.15) is 5.75 Å². The molecule has 27 heavy (non-hydrogen) atoms. The Hall–Kier alpha value is -1.77. The fourth-order valence-corrected chi connectivity index (χ4v) is 4.33. The number of hydrogen-bond acceptors (Lipinski definition) is 4. The minimum Gasteiger partial charge on any atom is -0.406 e. The molecule has 9 heteroatoms. The molecule has 0 atom stereocenters. The summed E-state index contributed by atoms with van der Waals surface area (Å²) in [5.74, 6) is -0.636. The lowest BCUT2D eigenvalue weighted by atomic mass is 10.0. The number of hydrogen-bond donors (Lipinski definition) is 0. The summed E-state index contributed by atoms with van der Waals surface area (Å²) in [6.45, 7) is 3.08. The zero-order chi connectivity index (χ0) is 18.3. The lowest BCUT2D eigenvalue weighted by Gasteiger charge is -2.46. The van der Waals surface area contributed by atoms with Gasteiger partial charge in [0.15, 0.2) is 0 Å². The van der Waals surface area contributed by atoms with Crippen molar-refractivity contribution in [2.24, 2.45) is 0 Å². The molecule has 0 spiro atoms. The molecular weight excluding hydrogens is 401 g/mol. The van der Waals surface area contributed by atoms with Crippen LogP contribution in [-0.2, 0) is 13.0 Å². The van der Waals surface area contributed by atoms with E-state index in [1.165, 1.54) is 28.6 Å². The van der Waals surface area contributed by atoms with E-state index in [0.29, 0.717) is 19.1 Å². The van der Waals surface area contributed by atoms with Gasteiger partial charge in [-0.25, -0.2) is 0 Å². The summed E-state index contributed by atoms with van der Waals surface area (Å²) in [6.07, 6.45) is -3.73. The fourth-order valence-electron chi connectivity index (χ4n) is 3.44. The van der Waals surface area contributed by atoms with Gasteiger partial charge in [0.05, 0.1) is 0 Å². The molecule has 1 aromatic carbocycles. The molecule has 0 bridgehead atoms. The Bertz CT molecular complexity index is 821. The minimum absolute atomic E-state index is 0. The van der Waals surface area contributed by atoms with Crippen LogP contribution in [0.15, 0.2) is 35.7 Å². The van der Waals surface area contributed by atoms with Crippen molar-refractivity contribution in [3.63, 3.8) is 0 Å². The van der Waals surface area contributed by atoms with Crippen LogP contribution in [0, 0.1) is 0 Å². The number of rotatable bonds is 3. The second-order valence-electron chi connectivity index (χ2n) is 6.53.